The Morgan fingerprint density at radius 1 is 1.10 bits per heavy atom. The summed E-state index contributed by atoms with van der Waals surface area (Å²) in [6, 6.07) is 14.6. The normalized spacial score (nSPS) is 10.6. The first-order chi connectivity index (χ1) is 10.2. The number of nitrogens with one attached hydrogen (secondary N) is 1. The van der Waals surface area contributed by atoms with Gasteiger partial charge in [-0.1, -0.05) is 48.0 Å². The highest BCUT2D eigenvalue weighted by Gasteiger charge is 2.08. The summed E-state index contributed by atoms with van der Waals surface area (Å²) < 4.78 is 13.7. The van der Waals surface area contributed by atoms with E-state index in [1.54, 1.807) is 12.1 Å². The maximum atomic E-state index is 13.7. The quantitative estimate of drug-likeness (QED) is 0.714. The van der Waals surface area contributed by atoms with Crippen molar-refractivity contribution in [1.29, 1.82) is 0 Å². The molecule has 0 aliphatic rings. The molecule has 1 heterocycles. The van der Waals surface area contributed by atoms with E-state index in [0.717, 1.165) is 16.3 Å². The summed E-state index contributed by atoms with van der Waals surface area (Å²) in [4.78, 5) is 4.55. The predicted molar refractivity (Wildman–Crippen MR) is 86.3 cm³/mol. The Kier molecular flexibility index (Phi) is 4.18. The fraction of sp³-hybridized carbons (Fsp3) is 0.0625. The Morgan fingerprint density at radius 3 is 2.67 bits per heavy atom. The predicted octanol–water partition coefficient (Wildman–Crippen LogP) is 5.21. The lowest BCUT2D eigenvalue weighted by Gasteiger charge is -2.07. The van der Waals surface area contributed by atoms with Gasteiger partial charge in [0.2, 0.25) is 0 Å². The molecule has 0 aliphatic carbocycles. The van der Waals surface area contributed by atoms with Crippen LogP contribution in [0.15, 0.2) is 53.9 Å². The minimum absolute atomic E-state index is 0.315. The smallest absolute Gasteiger partial charge is 0.147 e. The third-order valence-corrected chi connectivity index (χ3v) is 4.16. The molecule has 2 nitrogen and oxygen atoms in total. The van der Waals surface area contributed by atoms with Crippen LogP contribution in [-0.2, 0) is 6.54 Å². The number of thiazole rings is 1. The molecule has 0 radical (unpaired) electrons. The maximum Gasteiger partial charge on any atom is 0.147 e. The van der Waals surface area contributed by atoms with E-state index >= 15 is 0 Å². The van der Waals surface area contributed by atoms with Crippen LogP contribution < -0.4 is 5.32 Å². The van der Waals surface area contributed by atoms with Gasteiger partial charge in [-0.05, 0) is 12.1 Å². The number of halogens is 2. The van der Waals surface area contributed by atoms with Gasteiger partial charge in [0.25, 0.3) is 0 Å². The van der Waals surface area contributed by atoms with Crippen LogP contribution in [0.5, 0.6) is 0 Å². The fourth-order valence-corrected chi connectivity index (χ4v) is 2.94. The summed E-state index contributed by atoms with van der Waals surface area (Å²) >= 11 is 7.51. The second kappa shape index (κ2) is 6.24. The van der Waals surface area contributed by atoms with E-state index in [9.17, 15) is 4.39 Å². The molecule has 0 bridgehead atoms. The number of rotatable bonds is 4. The molecule has 0 amide bonds. The number of nitrogens with zero attached hydrogens (tertiary/aromatic N) is 1. The van der Waals surface area contributed by atoms with E-state index in [-0.39, 0.29) is 5.82 Å². The molecule has 0 saturated carbocycles. The molecule has 3 rings (SSSR count). The average molecular weight is 319 g/mol. The summed E-state index contributed by atoms with van der Waals surface area (Å²) in [7, 11) is 0. The SMILES string of the molecule is Fc1cccc(Cl)c1NCc1nc(-c2ccccc2)cs1. The van der Waals surface area contributed by atoms with Gasteiger partial charge < -0.3 is 5.32 Å². The van der Waals surface area contributed by atoms with Crippen molar-refractivity contribution in [3.05, 3.63) is 69.8 Å². The molecular formula is C16H12ClFN2S. The standard InChI is InChI=1S/C16H12ClFN2S/c17-12-7-4-8-13(18)16(12)19-9-15-20-14(10-21-15)11-5-2-1-3-6-11/h1-8,10,19H,9H2. The molecule has 0 saturated heterocycles. The van der Waals surface area contributed by atoms with Gasteiger partial charge in [-0.15, -0.1) is 11.3 Å². The molecule has 0 fully saturated rings. The Morgan fingerprint density at radius 2 is 1.90 bits per heavy atom. The van der Waals surface area contributed by atoms with Gasteiger partial charge in [0.05, 0.1) is 22.9 Å². The maximum absolute atomic E-state index is 13.7. The summed E-state index contributed by atoms with van der Waals surface area (Å²) in [6.45, 7) is 0.443. The molecule has 3 aromatic rings. The van der Waals surface area contributed by atoms with Crippen molar-refractivity contribution in [1.82, 2.24) is 4.98 Å². The summed E-state index contributed by atoms with van der Waals surface area (Å²) in [5.41, 5.74) is 2.32. The van der Waals surface area contributed by atoms with Gasteiger partial charge in [0.1, 0.15) is 10.8 Å². The second-order valence-corrected chi connectivity index (χ2v) is 5.79. The topological polar surface area (TPSA) is 24.9 Å². The Labute approximate surface area is 131 Å². The first-order valence-electron chi connectivity index (χ1n) is 6.42. The number of anilines is 1. The molecule has 0 unspecified atom stereocenters. The van der Waals surface area contributed by atoms with E-state index in [2.05, 4.69) is 10.3 Å². The molecule has 0 atom stereocenters. The Hall–Kier alpha value is -1.91. The highest BCUT2D eigenvalue weighted by Crippen LogP contribution is 2.26. The van der Waals surface area contributed by atoms with E-state index < -0.39 is 0 Å². The average Bonchev–Trinajstić information content (AvgIpc) is 2.97. The van der Waals surface area contributed by atoms with Crippen LogP contribution in [0.25, 0.3) is 11.3 Å². The Balaban J connectivity index is 1.74. The number of para-hydroxylation sites is 1. The van der Waals surface area contributed by atoms with Crippen molar-refractivity contribution in [2.45, 2.75) is 6.54 Å². The zero-order chi connectivity index (χ0) is 14.7. The number of benzene rings is 2. The highest BCUT2D eigenvalue weighted by atomic mass is 35.5. The zero-order valence-electron chi connectivity index (χ0n) is 11.0. The molecule has 1 aromatic heterocycles. The van der Waals surface area contributed by atoms with Crippen molar-refractivity contribution in [3.8, 4) is 11.3 Å². The molecule has 0 spiro atoms. The van der Waals surface area contributed by atoms with Gasteiger partial charge in [-0.3, -0.25) is 0 Å². The lowest BCUT2D eigenvalue weighted by molar-refractivity contribution is 0.630. The molecule has 2 aromatic carbocycles. The van der Waals surface area contributed by atoms with Crippen molar-refractivity contribution < 1.29 is 4.39 Å². The number of hydrogen-bond donors (Lipinski definition) is 1. The zero-order valence-corrected chi connectivity index (χ0v) is 12.6. The summed E-state index contributed by atoms with van der Waals surface area (Å²) in [5.74, 6) is -0.359. The number of aromatic nitrogens is 1. The van der Waals surface area contributed by atoms with Crippen LogP contribution in [0.3, 0.4) is 0 Å². The largest absolute Gasteiger partial charge is 0.375 e. The highest BCUT2D eigenvalue weighted by molar-refractivity contribution is 7.09. The van der Waals surface area contributed by atoms with Crippen LogP contribution in [0.1, 0.15) is 5.01 Å². The molecule has 0 aliphatic heterocycles. The van der Waals surface area contributed by atoms with Gasteiger partial charge in [-0.25, -0.2) is 9.37 Å². The summed E-state index contributed by atoms with van der Waals surface area (Å²) in [6.07, 6.45) is 0. The first kappa shape index (κ1) is 14.0. The van der Waals surface area contributed by atoms with Gasteiger partial charge in [0, 0.05) is 10.9 Å². The van der Waals surface area contributed by atoms with Crippen LogP contribution in [0.4, 0.5) is 10.1 Å². The van der Waals surface area contributed by atoms with Gasteiger partial charge >= 0.3 is 0 Å². The lowest BCUT2D eigenvalue weighted by Crippen LogP contribution is -2.01. The number of hydrogen-bond acceptors (Lipinski definition) is 3. The van der Waals surface area contributed by atoms with Crippen molar-refractivity contribution >= 4 is 28.6 Å². The van der Waals surface area contributed by atoms with Gasteiger partial charge in [-0.2, -0.15) is 0 Å². The van der Waals surface area contributed by atoms with Crippen molar-refractivity contribution in [3.63, 3.8) is 0 Å². The van der Waals surface area contributed by atoms with E-state index in [4.69, 9.17) is 11.6 Å². The van der Waals surface area contributed by atoms with E-state index in [1.165, 1.54) is 17.4 Å². The van der Waals surface area contributed by atoms with Gasteiger partial charge in [0.15, 0.2) is 0 Å². The third-order valence-electron chi connectivity index (χ3n) is 3.00. The molecule has 5 heteroatoms. The van der Waals surface area contributed by atoms with Crippen LogP contribution in [0.2, 0.25) is 5.02 Å². The monoisotopic (exact) mass is 318 g/mol. The van der Waals surface area contributed by atoms with Crippen LogP contribution in [-0.4, -0.2) is 4.98 Å². The van der Waals surface area contributed by atoms with Crippen molar-refractivity contribution in [2.75, 3.05) is 5.32 Å². The molecular weight excluding hydrogens is 307 g/mol. The molecule has 106 valence electrons. The molecule has 1 N–H and O–H groups in total. The fourth-order valence-electron chi connectivity index (χ4n) is 1.96. The van der Waals surface area contributed by atoms with Crippen molar-refractivity contribution in [2.24, 2.45) is 0 Å². The van der Waals surface area contributed by atoms with E-state index in [0.29, 0.717) is 17.3 Å². The van der Waals surface area contributed by atoms with Crippen LogP contribution in [0, 0.1) is 5.82 Å². The first-order valence-corrected chi connectivity index (χ1v) is 7.67. The minimum Gasteiger partial charge on any atom is -0.375 e. The third kappa shape index (κ3) is 3.23. The Bertz CT molecular complexity index is 723. The lowest BCUT2D eigenvalue weighted by atomic mass is 10.2. The minimum atomic E-state index is -0.359. The molecule has 21 heavy (non-hydrogen) atoms. The second-order valence-electron chi connectivity index (χ2n) is 4.44. The van der Waals surface area contributed by atoms with E-state index in [1.807, 2.05) is 35.7 Å². The summed E-state index contributed by atoms with van der Waals surface area (Å²) in [5, 5.41) is 6.25. The van der Waals surface area contributed by atoms with Crippen LogP contribution >= 0.6 is 22.9 Å².